The molecule has 0 aliphatic carbocycles. The number of nitrogens with one attached hydrogen (secondary N) is 1. The predicted molar refractivity (Wildman–Crippen MR) is 268 cm³/mol. The fourth-order valence-corrected chi connectivity index (χ4v) is 9.04. The Hall–Kier alpha value is -5.98. The van der Waals surface area contributed by atoms with Gasteiger partial charge in [-0.1, -0.05) is 36.0 Å². The number of furan rings is 1. The molecule has 0 amide bonds. The molecule has 70 heavy (non-hydrogen) atoms. The van der Waals surface area contributed by atoms with Gasteiger partial charge in [-0.15, -0.1) is 0 Å². The number of rotatable bonds is 10. The number of hydrogen-bond acceptors (Lipinski definition) is 17. The summed E-state index contributed by atoms with van der Waals surface area (Å²) in [6.45, 7) is 11.5. The van der Waals surface area contributed by atoms with Crippen LogP contribution in [0.2, 0.25) is 0 Å². The fourth-order valence-electron chi connectivity index (χ4n) is 7.95. The molecule has 2 aliphatic rings. The van der Waals surface area contributed by atoms with Crippen LogP contribution in [0.15, 0.2) is 100 Å². The van der Waals surface area contributed by atoms with E-state index in [1.165, 1.54) is 45.2 Å². The van der Waals surface area contributed by atoms with E-state index in [1.54, 1.807) is 45.9 Å². The molecule has 0 bridgehead atoms. The first-order valence-corrected chi connectivity index (χ1v) is 24.5. The normalized spacial score (nSPS) is 14.6. The van der Waals surface area contributed by atoms with Crippen LogP contribution < -0.4 is 36.4 Å². The summed E-state index contributed by atoms with van der Waals surface area (Å²) in [5.41, 5.74) is 4.22. The van der Waals surface area contributed by atoms with Gasteiger partial charge in [0, 0.05) is 68.2 Å². The fraction of sp³-hybridized carbons (Fsp3) is 0.417. The average molecular weight is 1010 g/mol. The van der Waals surface area contributed by atoms with Crippen LogP contribution in [-0.4, -0.2) is 133 Å². The Kier molecular flexibility index (Phi) is 17.1. The van der Waals surface area contributed by atoms with Crippen molar-refractivity contribution in [2.45, 2.75) is 55.8 Å². The van der Waals surface area contributed by atoms with E-state index in [9.17, 15) is 32.5 Å². The molecule has 0 radical (unpaired) electrons. The lowest BCUT2D eigenvalue weighted by Crippen LogP contribution is -2.49. The molecule has 0 spiro atoms. The van der Waals surface area contributed by atoms with Crippen molar-refractivity contribution < 1.29 is 45.1 Å². The average Bonchev–Trinajstić information content (AvgIpc) is 3.93. The van der Waals surface area contributed by atoms with Gasteiger partial charge in [0.2, 0.25) is 16.1 Å². The number of hydrogen-bond donors (Lipinski definition) is 2. The van der Waals surface area contributed by atoms with Gasteiger partial charge in [-0.3, -0.25) is 27.8 Å². The first-order valence-electron chi connectivity index (χ1n) is 22.4. The van der Waals surface area contributed by atoms with Gasteiger partial charge < -0.3 is 47.2 Å². The highest BCUT2D eigenvalue weighted by Gasteiger charge is 2.29. The number of aliphatic hydroxyl groups is 1. The maximum Gasteiger partial charge on any atom is 0.332 e. The summed E-state index contributed by atoms with van der Waals surface area (Å²) in [6.07, 6.45) is 2.58. The van der Waals surface area contributed by atoms with E-state index in [-0.39, 0.29) is 12.0 Å². The van der Waals surface area contributed by atoms with Crippen LogP contribution in [0.1, 0.15) is 25.2 Å². The number of likely N-dealkylation sites (N-methyl/N-ethyl adjacent to an activating group) is 1. The molecule has 2 unspecified atom stereocenters. The Bertz CT molecular complexity index is 3210. The summed E-state index contributed by atoms with van der Waals surface area (Å²) in [6, 6.07) is 19.5. The topological polar surface area (TPSA) is 229 Å². The molecule has 0 saturated carbocycles. The van der Waals surface area contributed by atoms with Gasteiger partial charge in [-0.05, 0) is 45.0 Å². The Morgan fingerprint density at radius 1 is 0.886 bits per heavy atom. The van der Waals surface area contributed by atoms with E-state index in [1.807, 2.05) is 11.8 Å². The highest BCUT2D eigenvalue weighted by atomic mass is 32.3. The zero-order valence-corrected chi connectivity index (χ0v) is 43.0. The van der Waals surface area contributed by atoms with Gasteiger partial charge >= 0.3 is 5.69 Å². The smallest absolute Gasteiger partial charge is 0.332 e. The van der Waals surface area contributed by atoms with Gasteiger partial charge in [0.1, 0.15) is 22.9 Å². The first-order chi connectivity index (χ1) is 33.1. The number of nitrogens with zero attached hydrogens (tertiary/aromatic N) is 7. The highest BCUT2D eigenvalue weighted by Crippen LogP contribution is 2.48. The lowest BCUT2D eigenvalue weighted by atomic mass is 10.1. The summed E-state index contributed by atoms with van der Waals surface area (Å²) in [7, 11) is 9.27. The molecule has 1 saturated heterocycles. The summed E-state index contributed by atoms with van der Waals surface area (Å²) in [5, 5.41) is 13.8. The minimum absolute atomic E-state index is 0.157. The number of para-hydroxylation sites is 2. The van der Waals surface area contributed by atoms with E-state index in [0.29, 0.717) is 51.0 Å². The molecule has 4 aromatic heterocycles. The molecule has 22 heteroatoms. The number of methoxy groups -OCH3 is 2. The maximum atomic E-state index is 12.7. The van der Waals surface area contributed by atoms with Gasteiger partial charge in [-0.25, -0.2) is 18.2 Å². The Labute approximate surface area is 410 Å². The van der Waals surface area contributed by atoms with E-state index in [4.69, 9.17) is 18.3 Å². The second kappa shape index (κ2) is 22.4. The van der Waals surface area contributed by atoms with Crippen molar-refractivity contribution in [3.63, 3.8) is 0 Å². The first kappa shape index (κ1) is 53.4. The summed E-state index contributed by atoms with van der Waals surface area (Å²) < 4.78 is 58.7. The van der Waals surface area contributed by atoms with Crippen molar-refractivity contribution in [1.29, 1.82) is 0 Å². The van der Waals surface area contributed by atoms with Gasteiger partial charge in [0.05, 0.1) is 91.0 Å². The third-order valence-electron chi connectivity index (χ3n) is 12.0. The second-order valence-corrected chi connectivity index (χ2v) is 20.0. The Balaban J connectivity index is 0.000000166. The summed E-state index contributed by atoms with van der Waals surface area (Å²) in [4.78, 5) is 47.9. The predicted octanol–water partition coefficient (Wildman–Crippen LogP) is 4.56. The number of fused-ring (bicyclic) bond motifs is 5. The number of piperazine rings is 1. The van der Waals surface area contributed by atoms with Gasteiger partial charge in [0.15, 0.2) is 27.8 Å². The molecular weight excluding hydrogens is 945 g/mol. The van der Waals surface area contributed by atoms with Crippen molar-refractivity contribution in [3.8, 4) is 11.5 Å². The van der Waals surface area contributed by atoms with E-state index in [0.717, 1.165) is 66.4 Å². The van der Waals surface area contributed by atoms with Crippen LogP contribution in [0.25, 0.3) is 33.1 Å². The molecule has 20 nitrogen and oxygen atoms in total. The number of aliphatic hydroxyl groups excluding tert-OH is 1. The zero-order chi connectivity index (χ0) is 51.2. The van der Waals surface area contributed by atoms with Crippen LogP contribution >= 0.6 is 11.8 Å². The number of aromatic nitrogens is 4. The summed E-state index contributed by atoms with van der Waals surface area (Å²) in [5.74, 6) is 1.40. The standard InChI is InChI=1S/C19H22N2O5.C18H23N2S.C10H14N4O3.CH4O4S/c1-11-8-13(22)15-16(23-2)14-12(9-21-6-4-20-5-7-21)10-25-17(14)19(24-3)18(15)26-11;1-14(20(2,3)4)13-19-15-9-5-7-11-17(15)21-18-12-8-6-10-16(18)19;1-6(15)4-14-5-11-8-7(14)9(16)13(3)10(17)12(8)2;1-5-6(2,3)4/h8,10,20H,4-7,9H2,1-3H3;5-12,14H,13H2,1-4H3;5-6,15H,4H2,1-3H3;1H3,(H,2,3,4)/q;+1;;/p-1. The number of ether oxygens (including phenoxy) is 2. The minimum Gasteiger partial charge on any atom is -0.726 e. The van der Waals surface area contributed by atoms with Crippen LogP contribution in [0, 0.1) is 6.92 Å². The van der Waals surface area contributed by atoms with Crippen molar-refractivity contribution in [2.24, 2.45) is 14.1 Å². The van der Waals surface area contributed by atoms with Crippen LogP contribution in [0.4, 0.5) is 11.4 Å². The van der Waals surface area contributed by atoms with Crippen LogP contribution in [-0.2, 0) is 41.8 Å². The zero-order valence-electron chi connectivity index (χ0n) is 41.3. The minimum atomic E-state index is -4.41. The molecule has 2 atom stereocenters. The van der Waals surface area contributed by atoms with Gasteiger partial charge in [-0.2, -0.15) is 0 Å². The molecule has 2 N–H and O–H groups in total. The molecule has 7 aromatic rings. The third kappa shape index (κ3) is 11.9. The molecule has 378 valence electrons. The molecule has 6 heterocycles. The van der Waals surface area contributed by atoms with Crippen molar-refractivity contribution in [2.75, 3.05) is 80.1 Å². The van der Waals surface area contributed by atoms with E-state index < -0.39 is 27.8 Å². The molecule has 9 rings (SSSR count). The molecule has 2 aliphatic heterocycles. The number of aryl methyl sites for hydroxylation is 2. The Morgan fingerprint density at radius 2 is 1.47 bits per heavy atom. The van der Waals surface area contributed by atoms with Crippen LogP contribution in [0.3, 0.4) is 0 Å². The SMILES string of the molecule is CC(CN1c2ccccc2Sc2ccccc21)[N+](C)(C)C.CC(O)Cn1cnc2c1c(=O)n(C)c(=O)n2C.COS(=O)(=O)[O-].COc1c2occ(CN3CCNCC3)c2c(OC)c2c(=O)cc(C)oc12. The number of imidazole rings is 1. The number of benzene rings is 3. The maximum absolute atomic E-state index is 12.7. The molecular formula is C48H62N8O12S2. The number of anilines is 2. The van der Waals surface area contributed by atoms with Crippen molar-refractivity contribution in [3.05, 3.63) is 110 Å². The monoisotopic (exact) mass is 1010 g/mol. The lowest BCUT2D eigenvalue weighted by molar-refractivity contribution is -0.892. The van der Waals surface area contributed by atoms with Crippen LogP contribution in [0.5, 0.6) is 11.5 Å². The van der Waals surface area contributed by atoms with Crippen molar-refractivity contribution >= 4 is 66.6 Å². The quantitative estimate of drug-likeness (QED) is 0.109. The largest absolute Gasteiger partial charge is 0.726 e. The molecule has 1 fully saturated rings. The second-order valence-electron chi connectivity index (χ2n) is 17.8. The highest BCUT2D eigenvalue weighted by molar-refractivity contribution is 7.99. The summed E-state index contributed by atoms with van der Waals surface area (Å²) >= 11 is 1.87. The van der Waals surface area contributed by atoms with Gasteiger partial charge in [0.25, 0.3) is 5.56 Å². The lowest BCUT2D eigenvalue weighted by Gasteiger charge is -2.39. The van der Waals surface area contributed by atoms with E-state index in [2.05, 4.69) is 101 Å². The Morgan fingerprint density at radius 3 is 2.01 bits per heavy atom. The van der Waals surface area contributed by atoms with E-state index >= 15 is 0 Å². The van der Waals surface area contributed by atoms with Crippen molar-refractivity contribution in [1.82, 2.24) is 28.9 Å². The molecule has 3 aromatic carbocycles. The third-order valence-corrected chi connectivity index (χ3v) is 13.5. The number of quaternary nitrogens is 1.